The highest BCUT2D eigenvalue weighted by molar-refractivity contribution is 7.90. The van der Waals surface area contributed by atoms with Gasteiger partial charge in [-0.25, -0.2) is 0 Å². The molecule has 1 aliphatic heterocycles. The average Bonchev–Trinajstić information content (AvgIpc) is 2.69. The quantitative estimate of drug-likeness (QED) is 0.758. The van der Waals surface area contributed by atoms with Gasteiger partial charge in [-0.15, -0.1) is 0 Å². The molecule has 0 bridgehead atoms. The van der Waals surface area contributed by atoms with E-state index in [1.54, 1.807) is 18.2 Å². The normalized spacial score (nSPS) is 19.0. The number of sulfonamides is 1. The molecule has 20 heavy (non-hydrogen) atoms. The van der Waals surface area contributed by atoms with Gasteiger partial charge in [0.1, 0.15) is 6.29 Å². The van der Waals surface area contributed by atoms with Gasteiger partial charge in [0.25, 0.3) is 10.0 Å². The Morgan fingerprint density at radius 1 is 1.30 bits per heavy atom. The molecule has 1 aromatic rings. The molecule has 0 aliphatic carbocycles. The largest absolute Gasteiger partial charge is 0.303 e. The predicted molar refractivity (Wildman–Crippen MR) is 78.4 cm³/mol. The van der Waals surface area contributed by atoms with E-state index in [1.807, 2.05) is 13.0 Å². The van der Waals surface area contributed by atoms with Crippen LogP contribution in [-0.4, -0.2) is 20.4 Å². The van der Waals surface area contributed by atoms with Crippen LogP contribution in [0.15, 0.2) is 33.6 Å². The van der Waals surface area contributed by atoms with Crippen molar-refractivity contribution in [2.24, 2.45) is 16.2 Å². The van der Waals surface area contributed by atoms with E-state index in [0.717, 1.165) is 19.1 Å². The summed E-state index contributed by atoms with van der Waals surface area (Å²) in [5.74, 6) is 0.0937. The van der Waals surface area contributed by atoms with Gasteiger partial charge in [-0.1, -0.05) is 38.5 Å². The van der Waals surface area contributed by atoms with Crippen LogP contribution in [0.2, 0.25) is 0 Å². The van der Waals surface area contributed by atoms with Gasteiger partial charge in [-0.05, 0) is 18.4 Å². The van der Waals surface area contributed by atoms with Crippen molar-refractivity contribution in [1.82, 2.24) is 0 Å². The standard InChI is InChI=1S/C15H19NO3S/c1-3-6-12(11(2)9-10-17)15-13-7-4-5-8-14(13)20(18,19)16-15/h4-5,7-8,10-12H,3,6,9H2,1-2H3/t11-,12-/m1/s1. The third-order valence-corrected chi connectivity index (χ3v) is 5.11. The summed E-state index contributed by atoms with van der Waals surface area (Å²) in [5.41, 5.74) is 1.32. The molecule has 1 heterocycles. The molecule has 1 aromatic carbocycles. The molecule has 0 spiro atoms. The van der Waals surface area contributed by atoms with Gasteiger partial charge in [0.15, 0.2) is 0 Å². The van der Waals surface area contributed by atoms with E-state index in [1.165, 1.54) is 0 Å². The molecule has 0 aromatic heterocycles. The Balaban J connectivity index is 2.47. The SMILES string of the molecule is CCC[C@@H](C1=NS(=O)(=O)c2ccccc21)[C@H](C)CC=O. The molecular formula is C15H19NO3S. The first-order valence-corrected chi connectivity index (χ1v) is 8.33. The molecule has 2 rings (SSSR count). The van der Waals surface area contributed by atoms with Crippen LogP contribution in [-0.2, 0) is 14.8 Å². The Bertz CT molecular complexity index is 634. The molecule has 0 fully saturated rings. The van der Waals surface area contributed by atoms with Crippen LogP contribution in [0, 0.1) is 11.8 Å². The van der Waals surface area contributed by atoms with Crippen molar-refractivity contribution in [1.29, 1.82) is 0 Å². The molecule has 0 N–H and O–H groups in total. The molecule has 2 atom stereocenters. The van der Waals surface area contributed by atoms with Crippen LogP contribution in [0.1, 0.15) is 38.7 Å². The highest BCUT2D eigenvalue weighted by Crippen LogP contribution is 2.34. The van der Waals surface area contributed by atoms with Crippen molar-refractivity contribution in [2.45, 2.75) is 38.0 Å². The Kier molecular flexibility index (Phi) is 4.38. The number of nitrogens with zero attached hydrogens (tertiary/aromatic N) is 1. The van der Waals surface area contributed by atoms with E-state index in [9.17, 15) is 13.2 Å². The summed E-state index contributed by atoms with van der Waals surface area (Å²) >= 11 is 0. The summed E-state index contributed by atoms with van der Waals surface area (Å²) < 4.78 is 28.2. The van der Waals surface area contributed by atoms with E-state index in [2.05, 4.69) is 11.3 Å². The van der Waals surface area contributed by atoms with Gasteiger partial charge in [-0.2, -0.15) is 12.8 Å². The first-order valence-electron chi connectivity index (χ1n) is 6.89. The van der Waals surface area contributed by atoms with Gasteiger partial charge in [0.2, 0.25) is 0 Å². The van der Waals surface area contributed by atoms with Gasteiger partial charge in [0, 0.05) is 17.9 Å². The molecule has 108 valence electrons. The molecule has 1 aliphatic rings. The van der Waals surface area contributed by atoms with Gasteiger partial charge in [-0.3, -0.25) is 0 Å². The van der Waals surface area contributed by atoms with Crippen molar-refractivity contribution in [3.63, 3.8) is 0 Å². The topological polar surface area (TPSA) is 63.6 Å². The second kappa shape index (κ2) is 5.87. The van der Waals surface area contributed by atoms with Gasteiger partial charge >= 0.3 is 0 Å². The molecular weight excluding hydrogens is 274 g/mol. The zero-order chi connectivity index (χ0) is 14.8. The predicted octanol–water partition coefficient (Wildman–Crippen LogP) is 2.82. The summed E-state index contributed by atoms with van der Waals surface area (Å²) in [6.07, 6.45) is 3.07. The fourth-order valence-electron chi connectivity index (χ4n) is 2.72. The number of aldehydes is 1. The van der Waals surface area contributed by atoms with Crippen LogP contribution >= 0.6 is 0 Å². The molecule has 4 nitrogen and oxygen atoms in total. The smallest absolute Gasteiger partial charge is 0.283 e. The number of hydrogen-bond donors (Lipinski definition) is 0. The second-order valence-electron chi connectivity index (χ2n) is 5.22. The monoisotopic (exact) mass is 293 g/mol. The number of rotatable bonds is 6. The number of carbonyl (C=O) groups is 1. The fourth-order valence-corrected chi connectivity index (χ4v) is 4.01. The molecule has 0 amide bonds. The lowest BCUT2D eigenvalue weighted by Crippen LogP contribution is -2.22. The third-order valence-electron chi connectivity index (χ3n) is 3.77. The van der Waals surface area contributed by atoms with Crippen LogP contribution in [0.4, 0.5) is 0 Å². The van der Waals surface area contributed by atoms with E-state index in [-0.39, 0.29) is 16.7 Å². The van der Waals surface area contributed by atoms with E-state index < -0.39 is 10.0 Å². The molecule has 5 heteroatoms. The fraction of sp³-hybridized carbons (Fsp3) is 0.467. The summed E-state index contributed by atoms with van der Waals surface area (Å²) in [7, 11) is -3.57. The zero-order valence-corrected chi connectivity index (χ0v) is 12.6. The molecule has 0 radical (unpaired) electrons. The van der Waals surface area contributed by atoms with Crippen LogP contribution < -0.4 is 0 Å². The first-order chi connectivity index (χ1) is 9.51. The highest BCUT2D eigenvalue weighted by Gasteiger charge is 2.34. The first kappa shape index (κ1) is 14.9. The number of hydrogen-bond acceptors (Lipinski definition) is 3. The van der Waals surface area contributed by atoms with Crippen molar-refractivity contribution in [3.8, 4) is 0 Å². The molecule has 0 unspecified atom stereocenters. The summed E-state index contributed by atoms with van der Waals surface area (Å²) in [6, 6.07) is 6.92. The number of benzene rings is 1. The minimum atomic E-state index is -3.57. The maximum atomic E-state index is 12.1. The third kappa shape index (κ3) is 2.68. The van der Waals surface area contributed by atoms with Gasteiger partial charge < -0.3 is 4.79 Å². The lowest BCUT2D eigenvalue weighted by Gasteiger charge is -2.22. The van der Waals surface area contributed by atoms with Crippen LogP contribution in [0.3, 0.4) is 0 Å². The lowest BCUT2D eigenvalue weighted by atomic mass is 9.81. The maximum absolute atomic E-state index is 12.1. The number of fused-ring (bicyclic) bond motifs is 1. The zero-order valence-electron chi connectivity index (χ0n) is 11.7. The summed E-state index contributed by atoms with van der Waals surface area (Å²) in [5, 5.41) is 0. The van der Waals surface area contributed by atoms with Crippen LogP contribution in [0.5, 0.6) is 0 Å². The lowest BCUT2D eigenvalue weighted by molar-refractivity contribution is -0.108. The summed E-state index contributed by atoms with van der Waals surface area (Å²) in [6.45, 7) is 4.03. The number of carbonyl (C=O) groups excluding carboxylic acids is 1. The maximum Gasteiger partial charge on any atom is 0.283 e. The van der Waals surface area contributed by atoms with Crippen molar-refractivity contribution < 1.29 is 13.2 Å². The minimum absolute atomic E-state index is 0.00336. The second-order valence-corrected chi connectivity index (χ2v) is 6.80. The van der Waals surface area contributed by atoms with Crippen molar-refractivity contribution in [3.05, 3.63) is 29.8 Å². The highest BCUT2D eigenvalue weighted by atomic mass is 32.2. The van der Waals surface area contributed by atoms with Crippen LogP contribution in [0.25, 0.3) is 0 Å². The van der Waals surface area contributed by atoms with Gasteiger partial charge in [0.05, 0.1) is 10.6 Å². The Hall–Kier alpha value is -1.49. The van der Waals surface area contributed by atoms with Crippen molar-refractivity contribution >= 4 is 22.0 Å². The Morgan fingerprint density at radius 2 is 2.00 bits per heavy atom. The molecule has 0 saturated carbocycles. The van der Waals surface area contributed by atoms with E-state index in [4.69, 9.17) is 0 Å². The minimum Gasteiger partial charge on any atom is -0.303 e. The summed E-state index contributed by atoms with van der Waals surface area (Å²) in [4.78, 5) is 11.0. The Labute approximate surface area is 120 Å². The molecule has 0 saturated heterocycles. The van der Waals surface area contributed by atoms with E-state index in [0.29, 0.717) is 17.7 Å². The van der Waals surface area contributed by atoms with E-state index >= 15 is 0 Å². The Morgan fingerprint density at radius 3 is 2.65 bits per heavy atom. The van der Waals surface area contributed by atoms with Crippen molar-refractivity contribution in [2.75, 3.05) is 0 Å². The average molecular weight is 293 g/mol.